The Morgan fingerprint density at radius 3 is 2.49 bits per heavy atom. The summed E-state index contributed by atoms with van der Waals surface area (Å²) in [5.41, 5.74) is 5.02. The highest BCUT2D eigenvalue weighted by Gasteiger charge is 2.50. The fraction of sp³-hybridized carbons (Fsp3) is 0.559. The average molecular weight is 1040 g/mol. The van der Waals surface area contributed by atoms with E-state index in [4.69, 9.17) is 24.4 Å². The summed E-state index contributed by atoms with van der Waals surface area (Å²) in [6.45, 7) is 16.6. The van der Waals surface area contributed by atoms with Crippen LogP contribution in [0.15, 0.2) is 54.7 Å². The zero-order chi connectivity index (χ0) is 52.5. The normalized spacial score (nSPS) is 24.6. The van der Waals surface area contributed by atoms with E-state index >= 15 is 4.39 Å². The number of aromatic hydroxyl groups is 1. The number of ether oxygens (including phenoxy) is 2. The second-order valence-corrected chi connectivity index (χ2v) is 23.5. The maximum atomic E-state index is 17.3. The highest BCUT2D eigenvalue weighted by Crippen LogP contribution is 2.54. The third-order valence-electron chi connectivity index (χ3n) is 18.3. The Morgan fingerprint density at radius 1 is 0.934 bits per heavy atom. The van der Waals surface area contributed by atoms with E-state index < -0.39 is 11.9 Å². The first-order valence-corrected chi connectivity index (χ1v) is 28.1. The van der Waals surface area contributed by atoms with Crippen molar-refractivity contribution in [3.63, 3.8) is 0 Å². The van der Waals surface area contributed by atoms with Crippen LogP contribution in [0.25, 0.3) is 32.9 Å². The van der Waals surface area contributed by atoms with Gasteiger partial charge in [-0.1, -0.05) is 25.1 Å². The van der Waals surface area contributed by atoms with Gasteiger partial charge in [-0.25, -0.2) is 4.39 Å². The molecule has 2 saturated carbocycles. The summed E-state index contributed by atoms with van der Waals surface area (Å²) < 4.78 is 29.9. The van der Waals surface area contributed by atoms with Gasteiger partial charge < -0.3 is 39.5 Å². The number of imide groups is 1. The van der Waals surface area contributed by atoms with Crippen LogP contribution in [-0.2, 0) is 27.3 Å². The van der Waals surface area contributed by atoms with Crippen LogP contribution in [0.1, 0.15) is 100 Å². The fourth-order valence-corrected chi connectivity index (χ4v) is 14.0. The predicted octanol–water partition coefficient (Wildman–Crippen LogP) is 7.08. The zero-order valence-corrected chi connectivity index (χ0v) is 44.6. The molecule has 3 amide bonds. The van der Waals surface area contributed by atoms with Gasteiger partial charge in [0.25, 0.3) is 5.91 Å². The Hall–Kier alpha value is -6.01. The first-order chi connectivity index (χ1) is 36.8. The number of rotatable bonds is 16. The summed E-state index contributed by atoms with van der Waals surface area (Å²) in [5.74, 6) is -0.0201. The van der Waals surface area contributed by atoms with Gasteiger partial charge in [0, 0.05) is 113 Å². The van der Waals surface area contributed by atoms with E-state index in [0.717, 1.165) is 112 Å². The minimum absolute atomic E-state index is 0.00369. The molecular weight excluding hydrogens is 964 g/mol. The minimum atomic E-state index is -0.603. The summed E-state index contributed by atoms with van der Waals surface area (Å²) >= 11 is 0. The number of nitrogens with one attached hydrogen (secondary N) is 2. The molecular formula is C59H73FN10O6. The molecule has 1 spiro atoms. The third kappa shape index (κ3) is 9.85. The second-order valence-electron chi connectivity index (χ2n) is 23.5. The van der Waals surface area contributed by atoms with Crippen molar-refractivity contribution >= 4 is 50.9 Å². The van der Waals surface area contributed by atoms with Gasteiger partial charge in [-0.15, -0.1) is 0 Å². The van der Waals surface area contributed by atoms with E-state index in [1.165, 1.54) is 25.7 Å². The van der Waals surface area contributed by atoms with Crippen LogP contribution in [-0.4, -0.2) is 156 Å². The molecule has 3 N–H and O–H groups in total. The average Bonchev–Trinajstić information content (AvgIpc) is 3.98. The Kier molecular flexibility index (Phi) is 13.6. The van der Waals surface area contributed by atoms with Crippen molar-refractivity contribution in [1.82, 2.24) is 40.3 Å². The molecule has 0 radical (unpaired) electrons. The number of benzene rings is 3. The Balaban J connectivity index is 0.661. The molecule has 2 aromatic heterocycles. The van der Waals surface area contributed by atoms with Crippen LogP contribution in [0, 0.1) is 22.6 Å². The van der Waals surface area contributed by atoms with Gasteiger partial charge in [0.1, 0.15) is 28.8 Å². The van der Waals surface area contributed by atoms with Gasteiger partial charge in [-0.05, 0) is 148 Å². The summed E-state index contributed by atoms with van der Waals surface area (Å²) in [6, 6.07) is 15.2. The molecule has 3 aromatic carbocycles. The van der Waals surface area contributed by atoms with Crippen molar-refractivity contribution in [2.45, 2.75) is 116 Å². The van der Waals surface area contributed by atoms with E-state index in [9.17, 15) is 19.5 Å². The Morgan fingerprint density at radius 2 is 1.74 bits per heavy atom. The topological polar surface area (TPSA) is 169 Å². The van der Waals surface area contributed by atoms with Crippen molar-refractivity contribution in [3.8, 4) is 23.0 Å². The van der Waals surface area contributed by atoms with Gasteiger partial charge in [0.2, 0.25) is 11.8 Å². The molecule has 2 aliphatic carbocycles. The van der Waals surface area contributed by atoms with Crippen LogP contribution in [0.3, 0.4) is 0 Å². The SMILES string of the molecule is CCOC1CC(CN(C)c2nc(OCC3(CN4CCC5(CC4)CC(CN4CCN(c6ccc7c(c6)CN([C@H]6CCC(=O)NC6=O)C7=O)CC4)C5)CC3)nc3c(F)c(-c4cc(O)cc5cccc(CC)c45)ncc23)NC1C. The van der Waals surface area contributed by atoms with Crippen molar-refractivity contribution in [3.05, 3.63) is 77.2 Å². The molecule has 16 nitrogen and oxygen atoms in total. The predicted molar refractivity (Wildman–Crippen MR) is 290 cm³/mol. The minimum Gasteiger partial charge on any atom is -0.508 e. The van der Waals surface area contributed by atoms with E-state index in [1.54, 1.807) is 23.2 Å². The molecule has 7 heterocycles. The van der Waals surface area contributed by atoms with E-state index in [-0.39, 0.29) is 70.7 Å². The van der Waals surface area contributed by atoms with E-state index in [0.29, 0.717) is 60.5 Å². The van der Waals surface area contributed by atoms with Crippen molar-refractivity contribution in [1.29, 1.82) is 0 Å². The number of fused-ring (bicyclic) bond motifs is 3. The lowest BCUT2D eigenvalue weighted by Crippen LogP contribution is -2.53. The number of likely N-dealkylation sites (N-methyl/N-ethyl adjacent to an activating group) is 1. The van der Waals surface area contributed by atoms with Crippen LogP contribution in [0.4, 0.5) is 15.9 Å². The van der Waals surface area contributed by atoms with Crippen molar-refractivity contribution in [2.24, 2.45) is 16.7 Å². The molecule has 7 aliphatic rings. The van der Waals surface area contributed by atoms with Crippen LogP contribution in [0.2, 0.25) is 0 Å². The fourth-order valence-electron chi connectivity index (χ4n) is 14.0. The number of halogens is 1. The summed E-state index contributed by atoms with van der Waals surface area (Å²) in [7, 11) is 1.98. The molecule has 0 bridgehead atoms. The number of carbonyl (C=O) groups excluding carboxylic acids is 3. The number of amides is 3. The smallest absolute Gasteiger partial charge is 0.319 e. The number of piperidine rings is 2. The molecule has 4 saturated heterocycles. The van der Waals surface area contributed by atoms with Crippen LogP contribution < -0.4 is 25.2 Å². The number of hydrogen-bond donors (Lipinski definition) is 3. The highest BCUT2D eigenvalue weighted by atomic mass is 19.1. The van der Waals surface area contributed by atoms with E-state index in [2.05, 4.69) is 50.1 Å². The molecule has 5 aliphatic heterocycles. The van der Waals surface area contributed by atoms with Gasteiger partial charge in [0.05, 0.1) is 18.1 Å². The lowest BCUT2D eigenvalue weighted by Gasteiger charge is -2.54. The molecule has 12 rings (SSSR count). The largest absolute Gasteiger partial charge is 0.508 e. The van der Waals surface area contributed by atoms with Gasteiger partial charge in [-0.3, -0.25) is 29.6 Å². The number of phenolic OH excluding ortho intramolecular Hbond substituents is 1. The molecule has 6 fully saturated rings. The van der Waals surface area contributed by atoms with Crippen molar-refractivity contribution < 1.29 is 33.4 Å². The van der Waals surface area contributed by atoms with Crippen LogP contribution in [0.5, 0.6) is 11.8 Å². The molecule has 76 heavy (non-hydrogen) atoms. The van der Waals surface area contributed by atoms with Gasteiger partial charge >= 0.3 is 6.01 Å². The summed E-state index contributed by atoms with van der Waals surface area (Å²) in [4.78, 5) is 63.5. The first-order valence-electron chi connectivity index (χ1n) is 28.1. The molecule has 4 atom stereocenters. The van der Waals surface area contributed by atoms with E-state index in [1.807, 2.05) is 44.3 Å². The third-order valence-corrected chi connectivity index (χ3v) is 18.3. The zero-order valence-electron chi connectivity index (χ0n) is 44.6. The number of phenols is 1. The monoisotopic (exact) mass is 1040 g/mol. The quantitative estimate of drug-likeness (QED) is 0.0858. The number of nitrogens with zero attached hydrogens (tertiary/aromatic N) is 8. The van der Waals surface area contributed by atoms with Crippen LogP contribution >= 0.6 is 0 Å². The van der Waals surface area contributed by atoms with Gasteiger partial charge in [-0.2, -0.15) is 9.97 Å². The number of carbonyl (C=O) groups is 3. The summed E-state index contributed by atoms with van der Waals surface area (Å²) in [5, 5.41) is 19.1. The summed E-state index contributed by atoms with van der Waals surface area (Å²) in [6.07, 6.45) is 11.2. The number of pyridine rings is 1. The maximum Gasteiger partial charge on any atom is 0.319 e. The molecule has 17 heteroatoms. The Bertz CT molecular complexity index is 3050. The second kappa shape index (κ2) is 20.4. The maximum absolute atomic E-state index is 17.3. The molecule has 3 unspecified atom stereocenters. The first kappa shape index (κ1) is 50.8. The van der Waals surface area contributed by atoms with Gasteiger partial charge in [0.15, 0.2) is 5.82 Å². The number of hydrogen-bond acceptors (Lipinski definition) is 14. The molecule has 5 aromatic rings. The number of aromatic nitrogens is 3. The highest BCUT2D eigenvalue weighted by molar-refractivity contribution is 6.06. The number of aryl methyl sites for hydroxylation is 1. The Labute approximate surface area is 444 Å². The lowest BCUT2D eigenvalue weighted by atomic mass is 9.57. The number of likely N-dealkylation sites (tertiary alicyclic amines) is 1. The molecule has 402 valence electrons. The lowest BCUT2D eigenvalue weighted by molar-refractivity contribution is -0.136. The standard InChI is InChI=1S/C59H73FN10O6/c1-5-38-8-7-9-39-25-43(71)27-45(50(38)39)52-51(60)53-46(30-61-52)54(66(4)33-41-26-48(75-6-2)36(3)62-41)65-57(64-53)76-35-59(14-15-59)34-68-18-16-58(17-19-68)28-37(29-58)31-67-20-22-69(23-21-67)42-10-11-44-40(24-42)32-70(56(44)74)47-12-13-49(72)63-55(47)73/h7-11,24-25,27,30,36-37,41,47-48,62,71H,5-6,12-23,26,28-29,31-35H2,1-4H3,(H,63,72,73)/t36?,41?,47-,48?/m0/s1. The number of piperazine rings is 1. The number of anilines is 2. The van der Waals surface area contributed by atoms with Crippen molar-refractivity contribution in [2.75, 3.05) is 89.0 Å².